The summed E-state index contributed by atoms with van der Waals surface area (Å²) in [5.74, 6) is 0. The fourth-order valence-corrected chi connectivity index (χ4v) is 5.27. The Morgan fingerprint density at radius 1 is 1.33 bits per heavy atom. The number of hydrogen-bond donors (Lipinski definition) is 1. The summed E-state index contributed by atoms with van der Waals surface area (Å²) in [4.78, 5) is 6.62. The molecule has 0 spiro atoms. The van der Waals surface area contributed by atoms with Gasteiger partial charge in [-0.15, -0.1) is 11.3 Å². The summed E-state index contributed by atoms with van der Waals surface area (Å²) in [7, 11) is 0. The predicted octanol–water partition coefficient (Wildman–Crippen LogP) is 3.35. The minimum atomic E-state index is 0.123. The molecule has 1 aromatic heterocycles. The van der Waals surface area contributed by atoms with Gasteiger partial charge < -0.3 is 5.73 Å². The molecule has 118 valence electrons. The number of fused-ring (bicyclic) bond motifs is 1. The lowest BCUT2D eigenvalue weighted by molar-refractivity contribution is -0.0123. The Hall–Kier alpha value is -0.130. The molecule has 2 N–H and O–H groups in total. The summed E-state index contributed by atoms with van der Waals surface area (Å²) in [5, 5.41) is 0. The number of rotatable bonds is 3. The van der Waals surface area contributed by atoms with Crippen molar-refractivity contribution in [3.8, 4) is 0 Å². The summed E-state index contributed by atoms with van der Waals surface area (Å²) in [6.45, 7) is 8.06. The second-order valence-corrected chi connectivity index (χ2v) is 8.38. The van der Waals surface area contributed by atoms with Gasteiger partial charge in [0.1, 0.15) is 0 Å². The maximum absolute atomic E-state index is 6.35. The SMILES string of the molecule is CC(N)C(c1ccc(Cl)s1)N1CC2CCCCN2CC1C. The third-order valence-electron chi connectivity index (χ3n) is 4.98. The number of halogens is 1. The highest BCUT2D eigenvalue weighted by atomic mass is 35.5. The van der Waals surface area contributed by atoms with Crippen molar-refractivity contribution in [3.05, 3.63) is 21.3 Å². The van der Waals surface area contributed by atoms with E-state index in [1.165, 1.54) is 37.2 Å². The van der Waals surface area contributed by atoms with Crippen molar-refractivity contribution >= 4 is 22.9 Å². The molecule has 0 aliphatic carbocycles. The molecule has 21 heavy (non-hydrogen) atoms. The minimum Gasteiger partial charge on any atom is -0.326 e. The third-order valence-corrected chi connectivity index (χ3v) is 6.28. The van der Waals surface area contributed by atoms with Gasteiger partial charge in [-0.1, -0.05) is 18.0 Å². The molecule has 0 radical (unpaired) electrons. The molecule has 3 heterocycles. The van der Waals surface area contributed by atoms with E-state index in [2.05, 4.69) is 29.7 Å². The van der Waals surface area contributed by atoms with Crippen LogP contribution in [-0.2, 0) is 0 Å². The van der Waals surface area contributed by atoms with E-state index in [9.17, 15) is 0 Å². The summed E-state index contributed by atoms with van der Waals surface area (Å²) in [5.41, 5.74) is 6.35. The Morgan fingerprint density at radius 3 is 2.81 bits per heavy atom. The minimum absolute atomic E-state index is 0.123. The van der Waals surface area contributed by atoms with Crippen LogP contribution in [0.1, 0.15) is 44.0 Å². The van der Waals surface area contributed by atoms with Gasteiger partial charge in [0.05, 0.1) is 10.4 Å². The van der Waals surface area contributed by atoms with Crippen molar-refractivity contribution in [2.24, 2.45) is 5.73 Å². The lowest BCUT2D eigenvalue weighted by Gasteiger charge is -2.50. The highest BCUT2D eigenvalue weighted by molar-refractivity contribution is 7.16. The third kappa shape index (κ3) is 3.30. The fourth-order valence-electron chi connectivity index (χ4n) is 3.97. The van der Waals surface area contributed by atoms with Crippen LogP contribution in [0, 0.1) is 0 Å². The molecule has 0 bridgehead atoms. The van der Waals surface area contributed by atoms with Gasteiger partial charge in [-0.25, -0.2) is 0 Å². The maximum atomic E-state index is 6.35. The molecule has 2 aliphatic rings. The molecular formula is C16H26ClN3S. The van der Waals surface area contributed by atoms with Gasteiger partial charge in [0.25, 0.3) is 0 Å². The molecule has 4 unspecified atom stereocenters. The van der Waals surface area contributed by atoms with Crippen LogP contribution in [-0.4, -0.2) is 47.6 Å². The normalized spacial score (nSPS) is 30.9. The van der Waals surface area contributed by atoms with Gasteiger partial charge in [0.15, 0.2) is 0 Å². The highest BCUT2D eigenvalue weighted by Gasteiger charge is 2.38. The van der Waals surface area contributed by atoms with E-state index in [1.54, 1.807) is 11.3 Å². The van der Waals surface area contributed by atoms with Gasteiger partial charge in [0, 0.05) is 36.1 Å². The van der Waals surface area contributed by atoms with Crippen molar-refractivity contribution in [2.75, 3.05) is 19.6 Å². The van der Waals surface area contributed by atoms with Crippen LogP contribution in [0.25, 0.3) is 0 Å². The molecule has 0 aromatic carbocycles. The van der Waals surface area contributed by atoms with E-state index in [-0.39, 0.29) is 6.04 Å². The lowest BCUT2D eigenvalue weighted by atomic mass is 9.94. The number of piperidine rings is 1. The average Bonchev–Trinajstić information content (AvgIpc) is 2.85. The van der Waals surface area contributed by atoms with Crippen LogP contribution in [0.4, 0.5) is 0 Å². The van der Waals surface area contributed by atoms with Crippen LogP contribution in [0.2, 0.25) is 4.34 Å². The molecule has 2 fully saturated rings. The largest absolute Gasteiger partial charge is 0.326 e. The highest BCUT2D eigenvalue weighted by Crippen LogP contribution is 2.36. The second kappa shape index (κ2) is 6.55. The van der Waals surface area contributed by atoms with E-state index in [4.69, 9.17) is 17.3 Å². The number of nitrogens with two attached hydrogens (primary N) is 1. The van der Waals surface area contributed by atoms with Crippen LogP contribution in [0.5, 0.6) is 0 Å². The van der Waals surface area contributed by atoms with Crippen molar-refractivity contribution < 1.29 is 0 Å². The Kier molecular flexibility index (Phi) is 4.91. The molecule has 0 saturated carbocycles. The van der Waals surface area contributed by atoms with E-state index < -0.39 is 0 Å². The first kappa shape index (κ1) is 15.8. The molecule has 5 heteroatoms. The Labute approximate surface area is 137 Å². The lowest BCUT2D eigenvalue weighted by Crippen LogP contribution is -2.60. The van der Waals surface area contributed by atoms with E-state index >= 15 is 0 Å². The fraction of sp³-hybridized carbons (Fsp3) is 0.750. The standard InChI is InChI=1S/C16H26ClN3S/c1-11-9-19-8-4-3-5-13(19)10-20(11)16(12(2)18)14-6-7-15(17)21-14/h6-7,11-13,16H,3-5,8-10,18H2,1-2H3. The van der Waals surface area contributed by atoms with Crippen molar-refractivity contribution in [3.63, 3.8) is 0 Å². The smallest absolute Gasteiger partial charge is 0.0931 e. The summed E-state index contributed by atoms with van der Waals surface area (Å²) >= 11 is 7.83. The van der Waals surface area contributed by atoms with Crippen LogP contribution in [0.15, 0.2) is 12.1 Å². The van der Waals surface area contributed by atoms with Crippen LogP contribution < -0.4 is 5.73 Å². The Bertz CT molecular complexity index is 476. The Balaban J connectivity index is 1.81. The molecule has 0 amide bonds. The zero-order valence-electron chi connectivity index (χ0n) is 13.0. The molecule has 3 rings (SSSR count). The van der Waals surface area contributed by atoms with E-state index in [1.807, 2.05) is 6.07 Å². The number of nitrogens with zero attached hydrogens (tertiary/aromatic N) is 2. The summed E-state index contributed by atoms with van der Waals surface area (Å²) in [6, 6.07) is 5.83. The van der Waals surface area contributed by atoms with Crippen molar-refractivity contribution in [1.82, 2.24) is 9.80 Å². The first-order chi connectivity index (χ1) is 10.1. The number of piperazine rings is 1. The zero-order valence-corrected chi connectivity index (χ0v) is 14.5. The van der Waals surface area contributed by atoms with Gasteiger partial charge >= 0.3 is 0 Å². The van der Waals surface area contributed by atoms with E-state index in [0.717, 1.165) is 10.9 Å². The van der Waals surface area contributed by atoms with Gasteiger partial charge in [-0.3, -0.25) is 9.80 Å². The van der Waals surface area contributed by atoms with Crippen molar-refractivity contribution in [1.29, 1.82) is 0 Å². The monoisotopic (exact) mass is 327 g/mol. The average molecular weight is 328 g/mol. The summed E-state index contributed by atoms with van der Waals surface area (Å²) < 4.78 is 0.861. The van der Waals surface area contributed by atoms with Crippen LogP contribution >= 0.6 is 22.9 Å². The van der Waals surface area contributed by atoms with Gasteiger partial charge in [-0.05, 0) is 45.4 Å². The molecule has 2 aliphatic heterocycles. The maximum Gasteiger partial charge on any atom is 0.0931 e. The van der Waals surface area contributed by atoms with E-state index in [0.29, 0.717) is 18.1 Å². The van der Waals surface area contributed by atoms with Crippen molar-refractivity contribution in [2.45, 2.75) is 57.3 Å². The number of thiophene rings is 1. The zero-order chi connectivity index (χ0) is 15.0. The molecule has 1 aromatic rings. The molecular weight excluding hydrogens is 302 g/mol. The molecule has 4 atom stereocenters. The quantitative estimate of drug-likeness (QED) is 0.924. The molecule has 3 nitrogen and oxygen atoms in total. The second-order valence-electron chi connectivity index (χ2n) is 6.64. The number of hydrogen-bond acceptors (Lipinski definition) is 4. The van der Waals surface area contributed by atoms with Gasteiger partial charge in [0.2, 0.25) is 0 Å². The summed E-state index contributed by atoms with van der Waals surface area (Å²) in [6.07, 6.45) is 4.07. The topological polar surface area (TPSA) is 32.5 Å². The predicted molar refractivity (Wildman–Crippen MR) is 91.1 cm³/mol. The molecule has 2 saturated heterocycles. The Morgan fingerprint density at radius 2 is 2.14 bits per heavy atom. The first-order valence-corrected chi connectivity index (χ1v) is 9.26. The van der Waals surface area contributed by atoms with Gasteiger partial charge in [-0.2, -0.15) is 0 Å². The first-order valence-electron chi connectivity index (χ1n) is 8.07. The van der Waals surface area contributed by atoms with Crippen LogP contribution in [0.3, 0.4) is 0 Å².